The molecule has 1 N–H and O–H groups in total. The maximum atomic E-state index is 13.2. The monoisotopic (exact) mass is 491 g/mol. The van der Waals surface area contributed by atoms with Crippen molar-refractivity contribution in [1.82, 2.24) is 5.32 Å². The maximum Gasteiger partial charge on any atom is 0.162 e. The van der Waals surface area contributed by atoms with Crippen LogP contribution in [0.15, 0.2) is 59.1 Å². The molecule has 0 heterocycles. The van der Waals surface area contributed by atoms with Crippen molar-refractivity contribution in [2.75, 3.05) is 6.61 Å². The molecule has 3 aromatic carbocycles. The quantitative estimate of drug-likeness (QED) is 0.356. The van der Waals surface area contributed by atoms with E-state index in [1.165, 1.54) is 23.3 Å². The molecular formula is C24H24BrClFNO2. The van der Waals surface area contributed by atoms with E-state index in [1.807, 2.05) is 19.1 Å². The van der Waals surface area contributed by atoms with Gasteiger partial charge in [-0.2, -0.15) is 0 Å². The van der Waals surface area contributed by atoms with Crippen molar-refractivity contribution in [2.45, 2.75) is 33.5 Å². The van der Waals surface area contributed by atoms with Crippen LogP contribution in [0, 0.1) is 12.7 Å². The van der Waals surface area contributed by atoms with Gasteiger partial charge in [0.1, 0.15) is 12.4 Å². The van der Waals surface area contributed by atoms with Crippen LogP contribution in [0.1, 0.15) is 29.2 Å². The van der Waals surface area contributed by atoms with E-state index in [9.17, 15) is 4.39 Å². The molecule has 0 fully saturated rings. The number of hydrogen-bond acceptors (Lipinski definition) is 3. The van der Waals surface area contributed by atoms with E-state index in [2.05, 4.69) is 52.4 Å². The largest absolute Gasteiger partial charge is 0.490 e. The van der Waals surface area contributed by atoms with Crippen LogP contribution in [0.3, 0.4) is 0 Å². The molecule has 3 rings (SSSR count). The zero-order chi connectivity index (χ0) is 21.5. The molecule has 0 saturated heterocycles. The third kappa shape index (κ3) is 6.21. The summed E-state index contributed by atoms with van der Waals surface area (Å²) in [6.07, 6.45) is 0. The Labute approximate surface area is 190 Å². The number of hydrogen-bond donors (Lipinski definition) is 1. The Bertz CT molecular complexity index is 995. The minimum absolute atomic E-state index is 0.219. The average molecular weight is 493 g/mol. The first-order valence-electron chi connectivity index (χ1n) is 9.74. The van der Waals surface area contributed by atoms with Gasteiger partial charge in [-0.15, -0.1) is 0 Å². The molecule has 3 nitrogen and oxygen atoms in total. The van der Waals surface area contributed by atoms with E-state index in [1.54, 1.807) is 6.07 Å². The standard InChI is InChI=1S/C24H24BrClFNO2/c1-3-29-23-10-19(14-28-13-17-6-4-16(2)5-7-17)21(25)12-24(23)30-15-18-8-9-20(27)11-22(18)26/h4-12,28H,3,13-15H2,1-2H3. The highest BCUT2D eigenvalue weighted by molar-refractivity contribution is 9.10. The van der Waals surface area contributed by atoms with E-state index >= 15 is 0 Å². The molecule has 0 aliphatic carbocycles. The van der Waals surface area contributed by atoms with E-state index < -0.39 is 0 Å². The van der Waals surface area contributed by atoms with Crippen LogP contribution in [0.25, 0.3) is 0 Å². The highest BCUT2D eigenvalue weighted by Crippen LogP contribution is 2.35. The average Bonchev–Trinajstić information content (AvgIpc) is 2.71. The molecule has 0 amide bonds. The van der Waals surface area contributed by atoms with Crippen LogP contribution in [-0.2, 0) is 19.7 Å². The zero-order valence-electron chi connectivity index (χ0n) is 17.0. The van der Waals surface area contributed by atoms with Crippen molar-refractivity contribution in [3.05, 3.63) is 92.2 Å². The number of halogens is 3. The zero-order valence-corrected chi connectivity index (χ0v) is 19.3. The fourth-order valence-corrected chi connectivity index (χ4v) is 3.62. The fraction of sp³-hybridized carbons (Fsp3) is 0.250. The molecular weight excluding hydrogens is 469 g/mol. The van der Waals surface area contributed by atoms with E-state index in [0.717, 1.165) is 16.6 Å². The van der Waals surface area contributed by atoms with Gasteiger partial charge in [-0.1, -0.05) is 63.4 Å². The SMILES string of the molecule is CCOc1cc(CNCc2ccc(C)cc2)c(Br)cc1OCc1ccc(F)cc1Cl. The summed E-state index contributed by atoms with van der Waals surface area (Å²) in [6, 6.07) is 16.6. The summed E-state index contributed by atoms with van der Waals surface area (Å²) in [5.41, 5.74) is 4.26. The second-order valence-electron chi connectivity index (χ2n) is 6.94. The van der Waals surface area contributed by atoms with Crippen molar-refractivity contribution < 1.29 is 13.9 Å². The molecule has 0 atom stereocenters. The Kier molecular flexibility index (Phi) is 8.14. The summed E-state index contributed by atoms with van der Waals surface area (Å²) in [5, 5.41) is 3.80. The van der Waals surface area contributed by atoms with Gasteiger partial charge in [0.15, 0.2) is 11.5 Å². The number of ether oxygens (including phenoxy) is 2. The molecule has 0 saturated carbocycles. The Morgan fingerprint density at radius 1 is 0.933 bits per heavy atom. The summed E-state index contributed by atoms with van der Waals surface area (Å²) in [7, 11) is 0. The Morgan fingerprint density at radius 3 is 2.37 bits per heavy atom. The Morgan fingerprint density at radius 2 is 1.67 bits per heavy atom. The van der Waals surface area contributed by atoms with Crippen molar-refractivity contribution in [3.63, 3.8) is 0 Å². The normalized spacial score (nSPS) is 10.8. The van der Waals surface area contributed by atoms with Gasteiger partial charge in [-0.3, -0.25) is 0 Å². The van der Waals surface area contributed by atoms with Gasteiger partial charge >= 0.3 is 0 Å². The molecule has 6 heteroatoms. The highest BCUT2D eigenvalue weighted by Gasteiger charge is 2.12. The van der Waals surface area contributed by atoms with Crippen molar-refractivity contribution in [2.24, 2.45) is 0 Å². The second-order valence-corrected chi connectivity index (χ2v) is 8.20. The van der Waals surface area contributed by atoms with Gasteiger partial charge in [-0.05, 0) is 49.2 Å². The molecule has 0 radical (unpaired) electrons. The first-order chi connectivity index (χ1) is 14.5. The summed E-state index contributed by atoms with van der Waals surface area (Å²) >= 11 is 9.73. The third-order valence-electron chi connectivity index (χ3n) is 4.58. The van der Waals surface area contributed by atoms with Gasteiger partial charge in [-0.25, -0.2) is 4.39 Å². The van der Waals surface area contributed by atoms with Crippen molar-refractivity contribution in [1.29, 1.82) is 0 Å². The molecule has 0 unspecified atom stereocenters. The Balaban J connectivity index is 1.68. The predicted octanol–water partition coefficient (Wildman–Crippen LogP) is 6.82. The Hall–Kier alpha value is -2.08. The molecule has 0 aliphatic heterocycles. The summed E-state index contributed by atoms with van der Waals surface area (Å²) in [4.78, 5) is 0. The van der Waals surface area contributed by atoms with Crippen LogP contribution in [0.2, 0.25) is 5.02 Å². The lowest BCUT2D eigenvalue weighted by atomic mass is 10.1. The van der Waals surface area contributed by atoms with Crippen LogP contribution in [0.4, 0.5) is 4.39 Å². The van der Waals surface area contributed by atoms with E-state index in [4.69, 9.17) is 21.1 Å². The predicted molar refractivity (Wildman–Crippen MR) is 123 cm³/mol. The summed E-state index contributed by atoms with van der Waals surface area (Å²) in [6.45, 7) is 6.20. The first-order valence-corrected chi connectivity index (χ1v) is 10.9. The third-order valence-corrected chi connectivity index (χ3v) is 5.67. The summed E-state index contributed by atoms with van der Waals surface area (Å²) in [5.74, 6) is 0.890. The lowest BCUT2D eigenvalue weighted by Gasteiger charge is -2.16. The highest BCUT2D eigenvalue weighted by atomic mass is 79.9. The van der Waals surface area contributed by atoms with Crippen LogP contribution in [0.5, 0.6) is 11.5 Å². The number of aryl methyl sites for hydroxylation is 1. The van der Waals surface area contributed by atoms with Crippen LogP contribution < -0.4 is 14.8 Å². The fourth-order valence-electron chi connectivity index (χ4n) is 2.94. The molecule has 3 aromatic rings. The van der Waals surface area contributed by atoms with E-state index in [-0.39, 0.29) is 12.4 Å². The maximum absolute atomic E-state index is 13.2. The second kappa shape index (κ2) is 10.8. The topological polar surface area (TPSA) is 30.5 Å². The minimum atomic E-state index is -0.371. The van der Waals surface area contributed by atoms with Gasteiger partial charge in [0.25, 0.3) is 0 Å². The van der Waals surface area contributed by atoms with Gasteiger partial charge < -0.3 is 14.8 Å². The molecule has 0 spiro atoms. The molecule has 0 aliphatic rings. The lowest BCUT2D eigenvalue weighted by Crippen LogP contribution is -2.13. The number of rotatable bonds is 9. The first kappa shape index (κ1) is 22.6. The molecule has 30 heavy (non-hydrogen) atoms. The van der Waals surface area contributed by atoms with Gasteiger partial charge in [0.05, 0.1) is 11.6 Å². The van der Waals surface area contributed by atoms with Crippen LogP contribution >= 0.6 is 27.5 Å². The van der Waals surface area contributed by atoms with Gasteiger partial charge in [0.2, 0.25) is 0 Å². The summed E-state index contributed by atoms with van der Waals surface area (Å²) < 4.78 is 25.9. The molecule has 0 bridgehead atoms. The minimum Gasteiger partial charge on any atom is -0.490 e. The lowest BCUT2D eigenvalue weighted by molar-refractivity contribution is 0.268. The van der Waals surface area contributed by atoms with Crippen LogP contribution in [-0.4, -0.2) is 6.61 Å². The molecule has 0 aromatic heterocycles. The number of nitrogens with one attached hydrogen (secondary N) is 1. The van der Waals surface area contributed by atoms with E-state index in [0.29, 0.717) is 35.2 Å². The number of benzene rings is 3. The van der Waals surface area contributed by atoms with Gasteiger partial charge in [0, 0.05) is 23.1 Å². The smallest absolute Gasteiger partial charge is 0.162 e. The van der Waals surface area contributed by atoms with Crippen molar-refractivity contribution >= 4 is 27.5 Å². The molecule has 158 valence electrons. The van der Waals surface area contributed by atoms with Crippen molar-refractivity contribution in [3.8, 4) is 11.5 Å².